The smallest absolute Gasteiger partial charge is 0.274 e. The van der Waals surface area contributed by atoms with E-state index in [0.29, 0.717) is 17.8 Å². The molecule has 0 spiro atoms. The molecule has 1 saturated heterocycles. The Balaban J connectivity index is 1.46. The molecule has 154 valence electrons. The minimum absolute atomic E-state index is 0.0333. The van der Waals surface area contributed by atoms with E-state index in [2.05, 4.69) is 15.1 Å². The van der Waals surface area contributed by atoms with Crippen LogP contribution < -0.4 is 5.32 Å². The van der Waals surface area contributed by atoms with Crippen molar-refractivity contribution in [2.45, 2.75) is 45.4 Å². The highest BCUT2D eigenvalue weighted by Gasteiger charge is 2.21. The Morgan fingerprint density at radius 2 is 1.82 bits per heavy atom. The Morgan fingerprint density at radius 3 is 2.57 bits per heavy atom. The lowest BCUT2D eigenvalue weighted by molar-refractivity contribution is -0.385. The summed E-state index contributed by atoms with van der Waals surface area (Å²) in [7, 11) is 0. The van der Waals surface area contributed by atoms with Crippen LogP contribution in [0.25, 0.3) is 0 Å². The molecule has 1 aliphatic carbocycles. The van der Waals surface area contributed by atoms with Crippen molar-refractivity contribution in [3.63, 3.8) is 0 Å². The summed E-state index contributed by atoms with van der Waals surface area (Å²) in [6.45, 7) is 7.17. The second-order valence-electron chi connectivity index (χ2n) is 8.24. The molecule has 1 heterocycles. The number of nitrogens with one attached hydrogen (secondary N) is 1. The number of amides is 1. The second kappa shape index (κ2) is 9.98. The number of anilines is 1. The van der Waals surface area contributed by atoms with E-state index in [1.807, 2.05) is 0 Å². The van der Waals surface area contributed by atoms with Gasteiger partial charge in [-0.3, -0.25) is 19.8 Å². The molecule has 0 unspecified atom stereocenters. The van der Waals surface area contributed by atoms with Crippen molar-refractivity contribution < 1.29 is 9.72 Å². The maximum atomic E-state index is 12.4. The fourth-order valence-electron chi connectivity index (χ4n) is 4.39. The molecule has 0 radical (unpaired) electrons. The molecule has 1 saturated carbocycles. The number of benzene rings is 1. The van der Waals surface area contributed by atoms with Crippen LogP contribution in [0, 0.1) is 23.0 Å². The van der Waals surface area contributed by atoms with E-state index in [4.69, 9.17) is 0 Å². The van der Waals surface area contributed by atoms with Gasteiger partial charge in [-0.1, -0.05) is 25.3 Å². The number of rotatable bonds is 6. The van der Waals surface area contributed by atoms with E-state index in [1.165, 1.54) is 44.7 Å². The van der Waals surface area contributed by atoms with Crippen LogP contribution in [0.1, 0.15) is 44.1 Å². The molecular formula is C21H32N4O3. The zero-order valence-corrected chi connectivity index (χ0v) is 16.9. The van der Waals surface area contributed by atoms with Crippen LogP contribution in [0.3, 0.4) is 0 Å². The lowest BCUT2D eigenvalue weighted by atomic mass is 9.89. The third kappa shape index (κ3) is 6.01. The van der Waals surface area contributed by atoms with Gasteiger partial charge in [0.05, 0.1) is 11.5 Å². The number of hydrogen-bond acceptors (Lipinski definition) is 5. The summed E-state index contributed by atoms with van der Waals surface area (Å²) in [4.78, 5) is 27.8. The van der Waals surface area contributed by atoms with Gasteiger partial charge >= 0.3 is 0 Å². The molecule has 7 nitrogen and oxygen atoms in total. The third-order valence-corrected chi connectivity index (χ3v) is 5.98. The van der Waals surface area contributed by atoms with Crippen molar-refractivity contribution in [3.8, 4) is 0 Å². The fraction of sp³-hybridized carbons (Fsp3) is 0.667. The molecule has 1 aromatic rings. The lowest BCUT2D eigenvalue weighted by Crippen LogP contribution is -2.37. The Morgan fingerprint density at radius 1 is 1.11 bits per heavy atom. The first-order chi connectivity index (χ1) is 13.5. The van der Waals surface area contributed by atoms with Gasteiger partial charge in [0.15, 0.2) is 0 Å². The predicted molar refractivity (Wildman–Crippen MR) is 111 cm³/mol. The van der Waals surface area contributed by atoms with Crippen molar-refractivity contribution in [1.29, 1.82) is 0 Å². The predicted octanol–water partition coefficient (Wildman–Crippen LogP) is 3.43. The molecule has 7 heteroatoms. The molecule has 1 aliphatic heterocycles. The van der Waals surface area contributed by atoms with Crippen molar-refractivity contribution in [2.24, 2.45) is 5.92 Å². The van der Waals surface area contributed by atoms with Crippen LogP contribution in [-0.4, -0.2) is 59.9 Å². The molecular weight excluding hydrogens is 356 g/mol. The quantitative estimate of drug-likeness (QED) is 0.597. The minimum atomic E-state index is -0.416. The summed E-state index contributed by atoms with van der Waals surface area (Å²) in [5, 5.41) is 13.9. The van der Waals surface area contributed by atoms with Crippen molar-refractivity contribution >= 4 is 17.3 Å². The molecule has 1 amide bonds. The highest BCUT2D eigenvalue weighted by Crippen LogP contribution is 2.25. The molecule has 3 rings (SSSR count). The molecule has 2 aliphatic rings. The Labute approximate surface area is 167 Å². The number of nitro groups is 1. The van der Waals surface area contributed by atoms with Gasteiger partial charge in [0.2, 0.25) is 5.91 Å². The van der Waals surface area contributed by atoms with Crippen LogP contribution in [0.5, 0.6) is 0 Å². The molecule has 1 N–H and O–H groups in total. The van der Waals surface area contributed by atoms with Crippen molar-refractivity contribution in [3.05, 3.63) is 33.9 Å². The molecule has 28 heavy (non-hydrogen) atoms. The van der Waals surface area contributed by atoms with Gasteiger partial charge < -0.3 is 10.2 Å². The number of carbonyl (C=O) groups is 1. The first-order valence-corrected chi connectivity index (χ1v) is 10.5. The van der Waals surface area contributed by atoms with Crippen LogP contribution in [0.15, 0.2) is 18.2 Å². The summed E-state index contributed by atoms with van der Waals surface area (Å²) in [6, 6.07) is 4.82. The average molecular weight is 389 g/mol. The summed E-state index contributed by atoms with van der Waals surface area (Å²) in [5.74, 6) is 0.736. The average Bonchev–Trinajstić information content (AvgIpc) is 2.89. The minimum Gasteiger partial charge on any atom is -0.325 e. The fourth-order valence-corrected chi connectivity index (χ4v) is 4.39. The number of hydrogen-bond donors (Lipinski definition) is 1. The van der Waals surface area contributed by atoms with Gasteiger partial charge in [-0.25, -0.2) is 0 Å². The van der Waals surface area contributed by atoms with E-state index >= 15 is 0 Å². The molecule has 2 fully saturated rings. The van der Waals surface area contributed by atoms with Gasteiger partial charge in [-0.05, 0) is 51.3 Å². The highest BCUT2D eigenvalue weighted by atomic mass is 16.6. The van der Waals surface area contributed by atoms with Crippen LogP contribution in [0.2, 0.25) is 0 Å². The van der Waals surface area contributed by atoms with Crippen LogP contribution >= 0.6 is 0 Å². The van der Waals surface area contributed by atoms with E-state index in [-0.39, 0.29) is 11.6 Å². The lowest BCUT2D eigenvalue weighted by Gasteiger charge is -2.28. The van der Waals surface area contributed by atoms with E-state index in [0.717, 1.165) is 38.5 Å². The summed E-state index contributed by atoms with van der Waals surface area (Å²) >= 11 is 0. The van der Waals surface area contributed by atoms with Gasteiger partial charge in [-0.15, -0.1) is 0 Å². The van der Waals surface area contributed by atoms with Crippen LogP contribution in [-0.2, 0) is 4.79 Å². The SMILES string of the molecule is Cc1ccc(NC(=O)CN2CCCN(CC3CCCCC3)CC2)cc1[N+](=O)[O-]. The van der Waals surface area contributed by atoms with Gasteiger partial charge in [0.1, 0.15) is 0 Å². The Hall–Kier alpha value is -1.99. The first-order valence-electron chi connectivity index (χ1n) is 10.5. The number of aryl methyl sites for hydroxylation is 1. The summed E-state index contributed by atoms with van der Waals surface area (Å²) in [5.41, 5.74) is 1.11. The molecule has 0 bridgehead atoms. The number of nitro benzene ring substituents is 1. The van der Waals surface area contributed by atoms with Crippen molar-refractivity contribution in [2.75, 3.05) is 44.6 Å². The van der Waals surface area contributed by atoms with Crippen molar-refractivity contribution in [1.82, 2.24) is 9.80 Å². The van der Waals surface area contributed by atoms with E-state index in [9.17, 15) is 14.9 Å². The summed E-state index contributed by atoms with van der Waals surface area (Å²) < 4.78 is 0. The maximum Gasteiger partial charge on any atom is 0.274 e. The first kappa shape index (κ1) is 20.7. The zero-order valence-electron chi connectivity index (χ0n) is 16.9. The summed E-state index contributed by atoms with van der Waals surface area (Å²) in [6.07, 6.45) is 7.96. The van der Waals surface area contributed by atoms with Gasteiger partial charge in [0.25, 0.3) is 5.69 Å². The molecule has 0 atom stereocenters. The number of nitrogens with zero attached hydrogens (tertiary/aromatic N) is 3. The Kier molecular flexibility index (Phi) is 7.39. The van der Waals surface area contributed by atoms with E-state index in [1.54, 1.807) is 19.1 Å². The largest absolute Gasteiger partial charge is 0.325 e. The van der Waals surface area contributed by atoms with Gasteiger partial charge in [-0.2, -0.15) is 0 Å². The molecule has 1 aromatic carbocycles. The zero-order chi connectivity index (χ0) is 19.9. The Bertz CT molecular complexity index is 688. The number of carbonyl (C=O) groups excluding carboxylic acids is 1. The second-order valence-corrected chi connectivity index (χ2v) is 8.24. The van der Waals surface area contributed by atoms with E-state index < -0.39 is 4.92 Å². The maximum absolute atomic E-state index is 12.4. The molecule has 0 aromatic heterocycles. The highest BCUT2D eigenvalue weighted by molar-refractivity contribution is 5.92. The standard InChI is InChI=1S/C21H32N4O3/c1-17-8-9-19(14-20(17)25(27)28)22-21(26)16-24-11-5-10-23(12-13-24)15-18-6-3-2-4-7-18/h8-9,14,18H,2-7,10-13,15-16H2,1H3,(H,22,26). The monoisotopic (exact) mass is 388 g/mol. The van der Waals surface area contributed by atoms with Crippen LogP contribution in [0.4, 0.5) is 11.4 Å². The third-order valence-electron chi connectivity index (χ3n) is 5.98. The normalized spacial score (nSPS) is 19.9. The topological polar surface area (TPSA) is 78.7 Å². The van der Waals surface area contributed by atoms with Gasteiger partial charge in [0, 0.05) is 37.0 Å².